The van der Waals surface area contributed by atoms with E-state index in [9.17, 15) is 0 Å². The highest BCUT2D eigenvalue weighted by molar-refractivity contribution is 5.09. The Morgan fingerprint density at radius 3 is 2.88 bits per heavy atom. The van der Waals surface area contributed by atoms with E-state index in [1.165, 1.54) is 25.7 Å². The van der Waals surface area contributed by atoms with E-state index in [1.54, 1.807) is 6.26 Å². The van der Waals surface area contributed by atoms with Crippen LogP contribution in [-0.4, -0.2) is 6.54 Å². The molecular formula is C15H25NO. The molecule has 0 aromatic carbocycles. The Kier molecular flexibility index (Phi) is 3.93. The first-order valence-corrected chi connectivity index (χ1v) is 6.92. The van der Waals surface area contributed by atoms with Crippen molar-refractivity contribution in [2.45, 2.75) is 52.5 Å². The second kappa shape index (κ2) is 5.26. The van der Waals surface area contributed by atoms with Crippen LogP contribution in [0.5, 0.6) is 0 Å². The Morgan fingerprint density at radius 1 is 1.53 bits per heavy atom. The van der Waals surface area contributed by atoms with Gasteiger partial charge in [-0.1, -0.05) is 27.2 Å². The fraction of sp³-hybridized carbons (Fsp3) is 0.733. The monoisotopic (exact) mass is 235 g/mol. The van der Waals surface area contributed by atoms with Gasteiger partial charge < -0.3 is 9.73 Å². The maximum absolute atomic E-state index is 5.64. The van der Waals surface area contributed by atoms with Crippen LogP contribution in [0.3, 0.4) is 0 Å². The summed E-state index contributed by atoms with van der Waals surface area (Å²) in [6.07, 6.45) is 6.96. The summed E-state index contributed by atoms with van der Waals surface area (Å²) in [6.45, 7) is 8.08. The van der Waals surface area contributed by atoms with Gasteiger partial charge in [-0.2, -0.15) is 0 Å². The van der Waals surface area contributed by atoms with Crippen molar-refractivity contribution in [1.82, 2.24) is 5.32 Å². The van der Waals surface area contributed by atoms with Gasteiger partial charge in [-0.05, 0) is 49.3 Å². The summed E-state index contributed by atoms with van der Waals surface area (Å²) in [5.74, 6) is 1.80. The summed E-state index contributed by atoms with van der Waals surface area (Å²) >= 11 is 0. The maximum atomic E-state index is 5.64. The lowest BCUT2D eigenvalue weighted by Crippen LogP contribution is -2.34. The third-order valence-electron chi connectivity index (χ3n) is 4.21. The molecule has 1 aromatic rings. The fourth-order valence-corrected chi connectivity index (χ4v) is 3.18. The van der Waals surface area contributed by atoms with Crippen LogP contribution in [0, 0.1) is 11.3 Å². The van der Waals surface area contributed by atoms with Gasteiger partial charge in [0, 0.05) is 0 Å². The molecule has 0 aliphatic heterocycles. The quantitative estimate of drug-likeness (QED) is 0.829. The molecule has 1 aliphatic rings. The van der Waals surface area contributed by atoms with Crippen LogP contribution in [0.25, 0.3) is 0 Å². The zero-order valence-corrected chi connectivity index (χ0v) is 11.3. The number of furan rings is 1. The van der Waals surface area contributed by atoms with E-state index in [1.807, 2.05) is 6.07 Å². The number of rotatable bonds is 5. The predicted molar refractivity (Wildman–Crippen MR) is 70.9 cm³/mol. The van der Waals surface area contributed by atoms with Crippen LogP contribution in [0.15, 0.2) is 22.8 Å². The molecule has 0 spiro atoms. The van der Waals surface area contributed by atoms with Crippen molar-refractivity contribution in [1.29, 1.82) is 0 Å². The largest absolute Gasteiger partial charge is 0.468 e. The van der Waals surface area contributed by atoms with Crippen LogP contribution < -0.4 is 5.32 Å². The van der Waals surface area contributed by atoms with Gasteiger partial charge in [0.05, 0.1) is 12.3 Å². The van der Waals surface area contributed by atoms with Crippen LogP contribution >= 0.6 is 0 Å². The number of nitrogens with one attached hydrogen (secondary N) is 1. The van der Waals surface area contributed by atoms with Crippen LogP contribution in [0.2, 0.25) is 0 Å². The summed E-state index contributed by atoms with van der Waals surface area (Å²) in [5.41, 5.74) is 0.429. The van der Waals surface area contributed by atoms with E-state index >= 15 is 0 Å². The van der Waals surface area contributed by atoms with Crippen molar-refractivity contribution in [2.24, 2.45) is 11.3 Å². The van der Waals surface area contributed by atoms with Gasteiger partial charge in [-0.25, -0.2) is 0 Å². The summed E-state index contributed by atoms with van der Waals surface area (Å²) in [7, 11) is 0. The molecular weight excluding hydrogens is 210 g/mol. The van der Waals surface area contributed by atoms with E-state index in [-0.39, 0.29) is 0 Å². The third kappa shape index (κ3) is 2.74. The molecule has 2 unspecified atom stereocenters. The highest BCUT2D eigenvalue weighted by atomic mass is 16.3. The molecule has 1 heterocycles. The van der Waals surface area contributed by atoms with Gasteiger partial charge in [0.2, 0.25) is 0 Å². The van der Waals surface area contributed by atoms with Gasteiger partial charge >= 0.3 is 0 Å². The minimum atomic E-state index is 0.391. The van der Waals surface area contributed by atoms with Gasteiger partial charge in [0.25, 0.3) is 0 Å². The zero-order valence-electron chi connectivity index (χ0n) is 11.3. The van der Waals surface area contributed by atoms with Gasteiger partial charge in [-0.3, -0.25) is 0 Å². The lowest BCUT2D eigenvalue weighted by Gasteiger charge is -2.33. The molecule has 2 nitrogen and oxygen atoms in total. The molecule has 1 aromatic heterocycles. The van der Waals surface area contributed by atoms with E-state index in [0.717, 1.165) is 12.3 Å². The molecule has 1 N–H and O–H groups in total. The van der Waals surface area contributed by atoms with E-state index in [0.29, 0.717) is 17.4 Å². The SMILES string of the molecule is CCCNC(c1ccco1)C1CCCC1(C)C. The third-order valence-corrected chi connectivity index (χ3v) is 4.21. The molecule has 1 aliphatic carbocycles. The minimum Gasteiger partial charge on any atom is -0.468 e. The van der Waals surface area contributed by atoms with E-state index in [2.05, 4.69) is 32.2 Å². The molecule has 1 fully saturated rings. The smallest absolute Gasteiger partial charge is 0.120 e. The molecule has 0 saturated heterocycles. The molecule has 2 rings (SSSR count). The van der Waals surface area contributed by atoms with Crippen molar-refractivity contribution in [3.63, 3.8) is 0 Å². The predicted octanol–water partition coefficient (Wildman–Crippen LogP) is 4.15. The Hall–Kier alpha value is -0.760. The first kappa shape index (κ1) is 12.7. The highest BCUT2D eigenvalue weighted by Gasteiger charge is 2.40. The Labute approximate surface area is 105 Å². The molecule has 0 bridgehead atoms. The molecule has 2 atom stereocenters. The van der Waals surface area contributed by atoms with Crippen molar-refractivity contribution >= 4 is 0 Å². The summed E-state index contributed by atoms with van der Waals surface area (Å²) in [6, 6.07) is 4.50. The summed E-state index contributed by atoms with van der Waals surface area (Å²) in [4.78, 5) is 0. The Morgan fingerprint density at radius 2 is 2.35 bits per heavy atom. The van der Waals surface area contributed by atoms with Gasteiger partial charge in [-0.15, -0.1) is 0 Å². The first-order chi connectivity index (χ1) is 8.15. The van der Waals surface area contributed by atoms with Gasteiger partial charge in [0.15, 0.2) is 0 Å². The lowest BCUT2D eigenvalue weighted by atomic mass is 9.76. The molecule has 0 amide bonds. The second-order valence-corrected chi connectivity index (χ2v) is 5.93. The topological polar surface area (TPSA) is 25.2 Å². The first-order valence-electron chi connectivity index (χ1n) is 6.92. The summed E-state index contributed by atoms with van der Waals surface area (Å²) in [5, 5.41) is 3.68. The van der Waals surface area contributed by atoms with E-state index < -0.39 is 0 Å². The van der Waals surface area contributed by atoms with Crippen LogP contribution in [0.4, 0.5) is 0 Å². The van der Waals surface area contributed by atoms with Crippen LogP contribution in [0.1, 0.15) is 58.3 Å². The number of hydrogen-bond acceptors (Lipinski definition) is 2. The molecule has 0 radical (unpaired) electrons. The Balaban J connectivity index is 2.15. The van der Waals surface area contributed by atoms with Gasteiger partial charge in [0.1, 0.15) is 5.76 Å². The number of hydrogen-bond donors (Lipinski definition) is 1. The average Bonchev–Trinajstić information content (AvgIpc) is 2.90. The zero-order chi connectivity index (χ0) is 12.3. The molecule has 2 heteroatoms. The van der Waals surface area contributed by atoms with Crippen molar-refractivity contribution in [3.05, 3.63) is 24.2 Å². The average molecular weight is 235 g/mol. The van der Waals surface area contributed by atoms with Crippen LogP contribution in [-0.2, 0) is 0 Å². The Bertz CT molecular complexity index is 329. The molecule has 96 valence electrons. The second-order valence-electron chi connectivity index (χ2n) is 5.93. The summed E-state index contributed by atoms with van der Waals surface area (Å²) < 4.78 is 5.64. The fourth-order valence-electron chi connectivity index (χ4n) is 3.18. The van der Waals surface area contributed by atoms with Crippen molar-refractivity contribution in [2.75, 3.05) is 6.54 Å². The van der Waals surface area contributed by atoms with E-state index in [4.69, 9.17) is 4.42 Å². The van der Waals surface area contributed by atoms with Crippen molar-refractivity contribution < 1.29 is 4.42 Å². The maximum Gasteiger partial charge on any atom is 0.120 e. The highest BCUT2D eigenvalue weighted by Crippen LogP contribution is 2.48. The molecule has 1 saturated carbocycles. The molecule has 17 heavy (non-hydrogen) atoms. The standard InChI is InChI=1S/C15H25NO/c1-4-10-16-14(13-8-6-11-17-13)12-7-5-9-15(12,2)3/h6,8,11-12,14,16H,4-5,7,9-10H2,1-3H3. The normalized spacial score (nSPS) is 25.0. The minimum absolute atomic E-state index is 0.391. The lowest BCUT2D eigenvalue weighted by molar-refractivity contribution is 0.180. The van der Waals surface area contributed by atoms with Crippen molar-refractivity contribution in [3.8, 4) is 0 Å².